The number of allylic oxidation sites excluding steroid dienone is 1. The summed E-state index contributed by atoms with van der Waals surface area (Å²) in [5.41, 5.74) is 3.45. The number of nitrogens with zero attached hydrogens (tertiary/aromatic N) is 3. The number of hydrogen-bond acceptors (Lipinski definition) is 4. The Hall–Kier alpha value is -3.29. The van der Waals surface area contributed by atoms with Crippen LogP contribution in [-0.4, -0.2) is 9.97 Å². The standard InChI is InChI=1S/C21H13N3S/c22-13-19(11-15-7-9-23-10-8-15)21-24-20(14-25-21)18-6-5-16-3-1-2-4-17(16)12-18/h1-12,14H. The molecule has 0 saturated heterocycles. The van der Waals surface area contributed by atoms with Gasteiger partial charge in [0.2, 0.25) is 0 Å². The predicted octanol–water partition coefficient (Wildman–Crippen LogP) is 5.42. The molecule has 0 saturated carbocycles. The van der Waals surface area contributed by atoms with Crippen molar-refractivity contribution >= 4 is 33.8 Å². The number of fused-ring (bicyclic) bond motifs is 1. The van der Waals surface area contributed by atoms with Gasteiger partial charge in [-0.2, -0.15) is 5.26 Å². The van der Waals surface area contributed by atoms with Gasteiger partial charge in [0.15, 0.2) is 0 Å². The van der Waals surface area contributed by atoms with E-state index in [1.807, 2.05) is 35.7 Å². The van der Waals surface area contributed by atoms with Crippen LogP contribution in [0.25, 0.3) is 33.7 Å². The Balaban J connectivity index is 1.71. The molecule has 25 heavy (non-hydrogen) atoms. The smallest absolute Gasteiger partial charge is 0.134 e. The van der Waals surface area contributed by atoms with Crippen LogP contribution in [0, 0.1) is 11.3 Å². The molecule has 0 bridgehead atoms. The van der Waals surface area contributed by atoms with Crippen molar-refractivity contribution in [3.8, 4) is 17.3 Å². The van der Waals surface area contributed by atoms with Crippen LogP contribution in [0.3, 0.4) is 0 Å². The van der Waals surface area contributed by atoms with E-state index >= 15 is 0 Å². The lowest BCUT2D eigenvalue weighted by molar-refractivity contribution is 1.32. The zero-order valence-electron chi connectivity index (χ0n) is 13.3. The molecule has 4 rings (SSSR count). The van der Waals surface area contributed by atoms with Crippen LogP contribution >= 0.6 is 11.3 Å². The first-order valence-corrected chi connectivity index (χ1v) is 8.68. The number of thiazole rings is 1. The molecule has 118 valence electrons. The summed E-state index contributed by atoms with van der Waals surface area (Å²) in [4.78, 5) is 8.66. The Morgan fingerprint density at radius 1 is 1.00 bits per heavy atom. The van der Waals surface area contributed by atoms with E-state index in [1.54, 1.807) is 12.4 Å². The second-order valence-corrected chi connectivity index (χ2v) is 6.41. The van der Waals surface area contributed by atoms with Gasteiger partial charge in [0.05, 0.1) is 11.3 Å². The second-order valence-electron chi connectivity index (χ2n) is 5.55. The Morgan fingerprint density at radius 3 is 2.60 bits per heavy atom. The minimum Gasteiger partial charge on any atom is -0.265 e. The first kappa shape index (κ1) is 15.3. The highest BCUT2D eigenvalue weighted by Gasteiger charge is 2.09. The maximum atomic E-state index is 9.49. The van der Waals surface area contributed by atoms with Crippen LogP contribution in [0.5, 0.6) is 0 Å². The first-order valence-electron chi connectivity index (χ1n) is 7.80. The average Bonchev–Trinajstić information content (AvgIpc) is 3.16. The molecule has 4 aromatic rings. The quantitative estimate of drug-likeness (QED) is 0.468. The number of aromatic nitrogens is 2. The summed E-state index contributed by atoms with van der Waals surface area (Å²) in [5, 5.41) is 14.6. The monoisotopic (exact) mass is 339 g/mol. The molecular formula is C21H13N3S. The van der Waals surface area contributed by atoms with E-state index in [4.69, 9.17) is 0 Å². The van der Waals surface area contributed by atoms with Crippen molar-refractivity contribution in [2.75, 3.05) is 0 Å². The zero-order valence-corrected chi connectivity index (χ0v) is 14.1. The van der Waals surface area contributed by atoms with Gasteiger partial charge in [-0.15, -0.1) is 11.3 Å². The fourth-order valence-corrected chi connectivity index (χ4v) is 3.44. The highest BCUT2D eigenvalue weighted by atomic mass is 32.1. The van der Waals surface area contributed by atoms with E-state index < -0.39 is 0 Å². The minimum atomic E-state index is 0.559. The Bertz CT molecular complexity index is 1100. The Kier molecular flexibility index (Phi) is 4.07. The molecule has 3 nitrogen and oxygen atoms in total. The normalized spacial score (nSPS) is 11.4. The number of pyridine rings is 1. The maximum absolute atomic E-state index is 9.49. The largest absolute Gasteiger partial charge is 0.265 e. The van der Waals surface area contributed by atoms with Gasteiger partial charge >= 0.3 is 0 Å². The number of rotatable bonds is 3. The second kappa shape index (κ2) is 6.68. The molecule has 2 aromatic heterocycles. The van der Waals surface area contributed by atoms with Gasteiger partial charge in [-0.3, -0.25) is 4.98 Å². The molecule has 2 heterocycles. The summed E-state index contributed by atoms with van der Waals surface area (Å²) in [7, 11) is 0. The van der Waals surface area contributed by atoms with Crippen LogP contribution in [0.4, 0.5) is 0 Å². The molecular weight excluding hydrogens is 326 g/mol. The molecule has 0 atom stereocenters. The van der Waals surface area contributed by atoms with Crippen LogP contribution in [0.15, 0.2) is 72.4 Å². The molecule has 0 aliphatic rings. The van der Waals surface area contributed by atoms with Crippen LogP contribution in [-0.2, 0) is 0 Å². The highest BCUT2D eigenvalue weighted by Crippen LogP contribution is 2.29. The molecule has 0 unspecified atom stereocenters. The number of hydrogen-bond donors (Lipinski definition) is 0. The molecule has 0 N–H and O–H groups in total. The fraction of sp³-hybridized carbons (Fsp3) is 0. The molecule has 0 fully saturated rings. The van der Waals surface area contributed by atoms with Crippen molar-refractivity contribution in [3.05, 3.63) is 82.9 Å². The van der Waals surface area contributed by atoms with Crippen LogP contribution in [0.2, 0.25) is 0 Å². The highest BCUT2D eigenvalue weighted by molar-refractivity contribution is 7.11. The molecule has 2 aromatic carbocycles. The van der Waals surface area contributed by atoms with E-state index in [1.165, 1.54) is 22.1 Å². The van der Waals surface area contributed by atoms with Gasteiger partial charge in [-0.1, -0.05) is 36.4 Å². The van der Waals surface area contributed by atoms with Crippen LogP contribution in [0.1, 0.15) is 10.6 Å². The zero-order chi connectivity index (χ0) is 17.1. The summed E-state index contributed by atoms with van der Waals surface area (Å²) in [6, 6.07) is 20.5. The van der Waals surface area contributed by atoms with Gasteiger partial charge in [-0.05, 0) is 40.6 Å². The fourth-order valence-electron chi connectivity index (χ4n) is 2.65. The van der Waals surface area contributed by atoms with Gasteiger partial charge in [0.25, 0.3) is 0 Å². The lowest BCUT2D eigenvalue weighted by Gasteiger charge is -2.01. The maximum Gasteiger partial charge on any atom is 0.134 e. The third-order valence-corrected chi connectivity index (χ3v) is 4.79. The van der Waals surface area contributed by atoms with Crippen molar-refractivity contribution in [2.45, 2.75) is 0 Å². The first-order chi connectivity index (χ1) is 12.3. The van der Waals surface area contributed by atoms with Crippen molar-refractivity contribution in [1.29, 1.82) is 5.26 Å². The predicted molar refractivity (Wildman–Crippen MR) is 103 cm³/mol. The summed E-state index contributed by atoms with van der Waals surface area (Å²) in [5.74, 6) is 0. The lowest BCUT2D eigenvalue weighted by atomic mass is 10.1. The van der Waals surface area contributed by atoms with Crippen molar-refractivity contribution in [2.24, 2.45) is 0 Å². The Labute approximate surface area is 149 Å². The van der Waals surface area contributed by atoms with Gasteiger partial charge in [0.1, 0.15) is 11.1 Å². The third-order valence-electron chi connectivity index (χ3n) is 3.92. The SMILES string of the molecule is N#CC(=Cc1ccncc1)c1nc(-c2ccc3ccccc3c2)cs1. The molecule has 0 radical (unpaired) electrons. The van der Waals surface area contributed by atoms with Crippen LogP contribution < -0.4 is 0 Å². The summed E-state index contributed by atoms with van der Waals surface area (Å²) >= 11 is 1.48. The molecule has 4 heteroatoms. The van der Waals surface area contributed by atoms with Crippen molar-refractivity contribution < 1.29 is 0 Å². The van der Waals surface area contributed by atoms with E-state index in [2.05, 4.69) is 46.4 Å². The number of benzene rings is 2. The van der Waals surface area contributed by atoms with Gasteiger partial charge < -0.3 is 0 Å². The van der Waals surface area contributed by atoms with Gasteiger partial charge in [0, 0.05) is 23.3 Å². The van der Waals surface area contributed by atoms with Crippen molar-refractivity contribution in [1.82, 2.24) is 9.97 Å². The molecule has 0 aliphatic heterocycles. The summed E-state index contributed by atoms with van der Waals surface area (Å²) in [6.45, 7) is 0. The topological polar surface area (TPSA) is 49.6 Å². The third kappa shape index (κ3) is 3.18. The minimum absolute atomic E-state index is 0.559. The van der Waals surface area contributed by atoms with Crippen molar-refractivity contribution in [3.63, 3.8) is 0 Å². The lowest BCUT2D eigenvalue weighted by Crippen LogP contribution is -1.83. The molecule has 0 amide bonds. The van der Waals surface area contributed by atoms with E-state index in [-0.39, 0.29) is 0 Å². The van der Waals surface area contributed by atoms with Gasteiger partial charge in [-0.25, -0.2) is 4.98 Å². The van der Waals surface area contributed by atoms with E-state index in [0.717, 1.165) is 21.8 Å². The molecule has 0 spiro atoms. The summed E-state index contributed by atoms with van der Waals surface area (Å²) in [6.07, 6.45) is 5.26. The van der Waals surface area contributed by atoms with E-state index in [0.29, 0.717) is 5.57 Å². The number of nitriles is 1. The Morgan fingerprint density at radius 2 is 1.80 bits per heavy atom. The molecule has 0 aliphatic carbocycles. The summed E-state index contributed by atoms with van der Waals surface area (Å²) < 4.78 is 0. The average molecular weight is 339 g/mol. The van der Waals surface area contributed by atoms with E-state index in [9.17, 15) is 5.26 Å².